The summed E-state index contributed by atoms with van der Waals surface area (Å²) in [7, 11) is -1.15. The molecule has 0 amide bonds. The summed E-state index contributed by atoms with van der Waals surface area (Å²) in [5, 5.41) is 1.43. The van der Waals surface area contributed by atoms with E-state index in [1.165, 1.54) is 11.2 Å². The highest BCUT2D eigenvalue weighted by Crippen LogP contribution is 2.06. The van der Waals surface area contributed by atoms with Crippen molar-refractivity contribution in [3.8, 4) is 0 Å². The van der Waals surface area contributed by atoms with E-state index in [9.17, 15) is 0 Å². The Labute approximate surface area is 88.8 Å². The lowest BCUT2D eigenvalue weighted by Gasteiger charge is -2.17. The van der Waals surface area contributed by atoms with Crippen LogP contribution in [0.4, 0.5) is 0 Å². The average molecular weight is 208 g/mol. The zero-order valence-corrected chi connectivity index (χ0v) is 10.5. The van der Waals surface area contributed by atoms with Gasteiger partial charge in [0.25, 0.3) is 0 Å². The molecule has 1 unspecified atom stereocenters. The minimum atomic E-state index is -1.15. The Morgan fingerprint density at radius 3 is 2.36 bits per heavy atom. The molecule has 1 aromatic rings. The minimum absolute atomic E-state index is 0.735. The molecule has 1 nitrogen and oxygen atoms in total. The van der Waals surface area contributed by atoms with Crippen LogP contribution in [-0.4, -0.2) is 15.6 Å². The maximum atomic E-state index is 5.88. The lowest BCUT2D eigenvalue weighted by atomic mass is 10.3. The molecule has 0 N–H and O–H groups in total. The van der Waals surface area contributed by atoms with Gasteiger partial charge in [-0.05, 0) is 24.1 Å². The number of hydrogen-bond acceptors (Lipinski definition) is 1. The van der Waals surface area contributed by atoms with E-state index in [1.54, 1.807) is 0 Å². The summed E-state index contributed by atoms with van der Waals surface area (Å²) in [4.78, 5) is 0. The van der Waals surface area contributed by atoms with Crippen LogP contribution in [0.25, 0.3) is 0 Å². The van der Waals surface area contributed by atoms with Gasteiger partial charge in [-0.3, -0.25) is 0 Å². The summed E-state index contributed by atoms with van der Waals surface area (Å²) in [6.45, 7) is 7.46. The van der Waals surface area contributed by atoms with Crippen LogP contribution >= 0.6 is 0 Å². The molecular weight excluding hydrogens is 188 g/mol. The Kier molecular flexibility index (Phi) is 4.91. The van der Waals surface area contributed by atoms with Crippen molar-refractivity contribution in [3.63, 3.8) is 0 Å². The van der Waals surface area contributed by atoms with Crippen LogP contribution < -0.4 is 5.19 Å². The van der Waals surface area contributed by atoms with E-state index >= 15 is 0 Å². The van der Waals surface area contributed by atoms with Crippen LogP contribution in [0, 0.1) is 5.92 Å². The zero-order chi connectivity index (χ0) is 10.4. The minimum Gasteiger partial charge on any atom is -0.416 e. The largest absolute Gasteiger partial charge is 0.416 e. The maximum absolute atomic E-state index is 5.88. The lowest BCUT2D eigenvalue weighted by Crippen LogP contribution is -2.34. The third-order valence-corrected chi connectivity index (χ3v) is 5.46. The van der Waals surface area contributed by atoms with Gasteiger partial charge in [0.1, 0.15) is 0 Å². The van der Waals surface area contributed by atoms with Crippen molar-refractivity contribution in [2.45, 2.75) is 26.8 Å². The van der Waals surface area contributed by atoms with Crippen molar-refractivity contribution >= 4 is 14.2 Å². The fraction of sp³-hybridized carbons (Fsp3) is 0.500. The predicted molar refractivity (Wildman–Crippen MR) is 64.5 cm³/mol. The first kappa shape index (κ1) is 11.5. The summed E-state index contributed by atoms with van der Waals surface area (Å²) < 4.78 is 5.88. The van der Waals surface area contributed by atoms with Crippen LogP contribution in [0.3, 0.4) is 0 Å². The summed E-state index contributed by atoms with van der Waals surface area (Å²) >= 11 is 0. The topological polar surface area (TPSA) is 9.23 Å². The highest BCUT2D eigenvalue weighted by molar-refractivity contribution is 6.67. The van der Waals surface area contributed by atoms with E-state index in [0.29, 0.717) is 0 Å². The van der Waals surface area contributed by atoms with Gasteiger partial charge >= 0.3 is 0 Å². The van der Waals surface area contributed by atoms with E-state index in [2.05, 4.69) is 51.1 Å². The fourth-order valence-electron chi connectivity index (χ4n) is 1.60. The van der Waals surface area contributed by atoms with Gasteiger partial charge in [-0.1, -0.05) is 44.2 Å². The molecular formula is C12H20OSi. The van der Waals surface area contributed by atoms with Crippen molar-refractivity contribution in [3.05, 3.63) is 30.3 Å². The molecule has 0 saturated heterocycles. The Morgan fingerprint density at radius 2 is 1.86 bits per heavy atom. The quantitative estimate of drug-likeness (QED) is 0.675. The maximum Gasteiger partial charge on any atom is 0.208 e. The Balaban J connectivity index is 2.67. The van der Waals surface area contributed by atoms with Gasteiger partial charge in [0.2, 0.25) is 9.04 Å². The van der Waals surface area contributed by atoms with Gasteiger partial charge in [-0.25, -0.2) is 0 Å². The van der Waals surface area contributed by atoms with Gasteiger partial charge < -0.3 is 4.43 Å². The summed E-state index contributed by atoms with van der Waals surface area (Å²) in [6, 6.07) is 11.9. The standard InChI is InChI=1S/C12H20OSi/c1-4-13-14(10-11(2)3)12-8-6-5-7-9-12/h5-9,11,14H,4,10H2,1-3H3. The van der Waals surface area contributed by atoms with Gasteiger partial charge in [0.15, 0.2) is 0 Å². The van der Waals surface area contributed by atoms with Crippen LogP contribution in [0.2, 0.25) is 6.04 Å². The lowest BCUT2D eigenvalue weighted by molar-refractivity contribution is 0.345. The molecule has 1 aromatic carbocycles. The van der Waals surface area contributed by atoms with E-state index in [0.717, 1.165) is 12.5 Å². The van der Waals surface area contributed by atoms with E-state index in [-0.39, 0.29) is 0 Å². The van der Waals surface area contributed by atoms with Crippen molar-refractivity contribution in [2.24, 2.45) is 5.92 Å². The Hall–Kier alpha value is -0.603. The SMILES string of the molecule is CCO[SiH](CC(C)C)c1ccccc1. The van der Waals surface area contributed by atoms with Gasteiger partial charge in [0.05, 0.1) is 0 Å². The van der Waals surface area contributed by atoms with Crippen molar-refractivity contribution in [1.29, 1.82) is 0 Å². The monoisotopic (exact) mass is 208 g/mol. The first-order valence-corrected chi connectivity index (χ1v) is 7.27. The average Bonchev–Trinajstić information content (AvgIpc) is 2.18. The van der Waals surface area contributed by atoms with Crippen LogP contribution in [-0.2, 0) is 4.43 Å². The molecule has 0 heterocycles. The van der Waals surface area contributed by atoms with Gasteiger partial charge in [-0.2, -0.15) is 0 Å². The summed E-state index contributed by atoms with van der Waals surface area (Å²) in [6.07, 6.45) is 0. The molecule has 78 valence electrons. The van der Waals surface area contributed by atoms with Gasteiger partial charge in [-0.15, -0.1) is 0 Å². The molecule has 1 rings (SSSR count). The predicted octanol–water partition coefficient (Wildman–Crippen LogP) is 2.31. The molecule has 0 aliphatic carbocycles. The summed E-state index contributed by atoms with van der Waals surface area (Å²) in [5.74, 6) is 0.735. The molecule has 0 aliphatic rings. The van der Waals surface area contributed by atoms with Crippen LogP contribution in [0.1, 0.15) is 20.8 Å². The fourth-order valence-corrected chi connectivity index (χ4v) is 4.11. The molecule has 0 radical (unpaired) electrons. The van der Waals surface area contributed by atoms with Crippen molar-refractivity contribution < 1.29 is 4.43 Å². The van der Waals surface area contributed by atoms with Crippen LogP contribution in [0.15, 0.2) is 30.3 Å². The third-order valence-electron chi connectivity index (χ3n) is 2.22. The Morgan fingerprint density at radius 1 is 1.21 bits per heavy atom. The second kappa shape index (κ2) is 5.99. The second-order valence-electron chi connectivity index (χ2n) is 3.98. The zero-order valence-electron chi connectivity index (χ0n) is 9.36. The molecule has 14 heavy (non-hydrogen) atoms. The Bertz CT molecular complexity index is 246. The number of hydrogen-bond donors (Lipinski definition) is 0. The van der Waals surface area contributed by atoms with Crippen molar-refractivity contribution in [1.82, 2.24) is 0 Å². The van der Waals surface area contributed by atoms with Crippen LogP contribution in [0.5, 0.6) is 0 Å². The third kappa shape index (κ3) is 3.64. The molecule has 1 atom stereocenters. The number of benzene rings is 1. The van der Waals surface area contributed by atoms with E-state index in [4.69, 9.17) is 4.43 Å². The first-order chi connectivity index (χ1) is 6.74. The molecule has 0 spiro atoms. The summed E-state index contributed by atoms with van der Waals surface area (Å²) in [5.41, 5.74) is 0. The number of rotatable bonds is 5. The molecule has 0 saturated carbocycles. The van der Waals surface area contributed by atoms with E-state index < -0.39 is 9.04 Å². The van der Waals surface area contributed by atoms with E-state index in [1.807, 2.05) is 0 Å². The highest BCUT2D eigenvalue weighted by Gasteiger charge is 2.15. The first-order valence-electron chi connectivity index (χ1n) is 5.40. The van der Waals surface area contributed by atoms with Gasteiger partial charge in [0, 0.05) is 6.61 Å². The highest BCUT2D eigenvalue weighted by atomic mass is 28.3. The smallest absolute Gasteiger partial charge is 0.208 e. The molecule has 0 bridgehead atoms. The molecule has 0 aliphatic heterocycles. The normalized spacial score (nSPS) is 13.1. The molecule has 2 heteroatoms. The van der Waals surface area contributed by atoms with Crippen molar-refractivity contribution in [2.75, 3.05) is 6.61 Å². The second-order valence-corrected chi connectivity index (χ2v) is 6.43. The molecule has 0 aromatic heterocycles. The molecule has 0 fully saturated rings.